The van der Waals surface area contributed by atoms with E-state index in [1.807, 2.05) is 6.92 Å². The molecule has 0 aliphatic carbocycles. The van der Waals surface area contributed by atoms with Crippen molar-refractivity contribution >= 4 is 16.9 Å². The Balaban J connectivity index is 1.79. The summed E-state index contributed by atoms with van der Waals surface area (Å²) in [4.78, 5) is 15.6. The largest absolute Gasteiger partial charge is 0.377 e. The summed E-state index contributed by atoms with van der Waals surface area (Å²) in [6, 6.07) is 4.30. The van der Waals surface area contributed by atoms with E-state index in [-0.39, 0.29) is 5.52 Å². The van der Waals surface area contributed by atoms with Gasteiger partial charge in [0.1, 0.15) is 23.8 Å². The van der Waals surface area contributed by atoms with Crippen LogP contribution in [0.25, 0.3) is 11.0 Å². The second-order valence-electron chi connectivity index (χ2n) is 5.04. The van der Waals surface area contributed by atoms with Crippen molar-refractivity contribution in [3.63, 3.8) is 0 Å². The first kappa shape index (κ1) is 15.3. The predicted octanol–water partition coefficient (Wildman–Crippen LogP) is 2.70. The molecule has 0 aliphatic heterocycles. The minimum absolute atomic E-state index is 0.0132. The molecule has 0 saturated heterocycles. The molecule has 1 aromatic carbocycles. The van der Waals surface area contributed by atoms with Gasteiger partial charge in [-0.15, -0.1) is 0 Å². The van der Waals surface area contributed by atoms with E-state index in [4.69, 9.17) is 4.74 Å². The summed E-state index contributed by atoms with van der Waals surface area (Å²) >= 11 is 0. The summed E-state index contributed by atoms with van der Waals surface area (Å²) in [6.07, 6.45) is 0. The van der Waals surface area contributed by atoms with Gasteiger partial charge in [-0.3, -0.25) is 0 Å². The highest BCUT2D eigenvalue weighted by atomic mass is 19.2. The smallest absolute Gasteiger partial charge is 0.186 e. The first-order valence-corrected chi connectivity index (χ1v) is 6.97. The van der Waals surface area contributed by atoms with Crippen molar-refractivity contribution in [2.75, 3.05) is 12.4 Å². The summed E-state index contributed by atoms with van der Waals surface area (Å²) < 4.78 is 31.9. The van der Waals surface area contributed by atoms with Gasteiger partial charge in [-0.25, -0.2) is 23.7 Å². The molecule has 0 radical (unpaired) electrons. The SMILES string of the molecule is COCc1nc(C)cc(NCc2nc3c(F)c(F)ccc3[nH]2)n1. The molecule has 0 aliphatic rings. The van der Waals surface area contributed by atoms with Crippen LogP contribution in [0.5, 0.6) is 0 Å². The number of ether oxygens (including phenoxy) is 1. The van der Waals surface area contributed by atoms with Crippen molar-refractivity contribution in [1.29, 1.82) is 0 Å². The Hall–Kier alpha value is -2.61. The molecule has 3 rings (SSSR count). The number of hydrogen-bond donors (Lipinski definition) is 2. The lowest BCUT2D eigenvalue weighted by Crippen LogP contribution is -2.07. The van der Waals surface area contributed by atoms with Gasteiger partial charge in [0.2, 0.25) is 0 Å². The van der Waals surface area contributed by atoms with Crippen molar-refractivity contribution < 1.29 is 13.5 Å². The third kappa shape index (κ3) is 3.26. The molecule has 0 fully saturated rings. The van der Waals surface area contributed by atoms with Gasteiger partial charge in [-0.05, 0) is 19.1 Å². The Kier molecular flexibility index (Phi) is 4.16. The molecule has 23 heavy (non-hydrogen) atoms. The van der Waals surface area contributed by atoms with Gasteiger partial charge in [0.15, 0.2) is 17.5 Å². The number of fused-ring (bicyclic) bond motifs is 1. The molecule has 0 amide bonds. The normalized spacial score (nSPS) is 11.1. The number of aryl methyl sites for hydroxylation is 1. The van der Waals surface area contributed by atoms with Crippen molar-refractivity contribution in [3.05, 3.63) is 47.2 Å². The number of benzene rings is 1. The number of imidazole rings is 1. The van der Waals surface area contributed by atoms with Crippen LogP contribution in [0.15, 0.2) is 18.2 Å². The second kappa shape index (κ2) is 6.25. The molecular formula is C15H15F2N5O. The first-order chi connectivity index (χ1) is 11.1. The Morgan fingerprint density at radius 2 is 2.04 bits per heavy atom. The fourth-order valence-electron chi connectivity index (χ4n) is 2.24. The Morgan fingerprint density at radius 1 is 1.22 bits per heavy atom. The van der Waals surface area contributed by atoms with E-state index in [1.165, 1.54) is 6.07 Å². The standard InChI is InChI=1S/C15H15F2N5O/c1-8-5-11(21-13(19-8)7-23-2)18-6-12-20-10-4-3-9(16)14(17)15(10)22-12/h3-5H,6-7H2,1-2H3,(H,20,22)(H,18,19,21). The summed E-state index contributed by atoms with van der Waals surface area (Å²) in [7, 11) is 1.57. The van der Waals surface area contributed by atoms with Crippen molar-refractivity contribution in [3.8, 4) is 0 Å². The van der Waals surface area contributed by atoms with Crippen LogP contribution in [0.1, 0.15) is 17.3 Å². The molecule has 3 aromatic rings. The van der Waals surface area contributed by atoms with Crippen molar-refractivity contribution in [1.82, 2.24) is 19.9 Å². The average molecular weight is 319 g/mol. The summed E-state index contributed by atoms with van der Waals surface area (Å²) in [5.74, 6) is -0.220. The molecule has 2 N–H and O–H groups in total. The van der Waals surface area contributed by atoms with E-state index >= 15 is 0 Å². The lowest BCUT2D eigenvalue weighted by Gasteiger charge is -2.07. The average Bonchev–Trinajstić information content (AvgIpc) is 2.93. The Labute approximate surface area is 130 Å². The number of aromatic nitrogens is 4. The molecule has 0 spiro atoms. The maximum atomic E-state index is 13.7. The van der Waals surface area contributed by atoms with Gasteiger partial charge < -0.3 is 15.0 Å². The number of nitrogens with zero attached hydrogens (tertiary/aromatic N) is 3. The van der Waals surface area contributed by atoms with Crippen LogP contribution in [0.3, 0.4) is 0 Å². The molecule has 0 bridgehead atoms. The van der Waals surface area contributed by atoms with Crippen molar-refractivity contribution in [2.24, 2.45) is 0 Å². The van der Waals surface area contributed by atoms with E-state index < -0.39 is 11.6 Å². The Morgan fingerprint density at radius 3 is 2.83 bits per heavy atom. The number of rotatable bonds is 5. The van der Waals surface area contributed by atoms with E-state index in [0.717, 1.165) is 11.8 Å². The highest BCUT2D eigenvalue weighted by Gasteiger charge is 2.12. The van der Waals surface area contributed by atoms with Crippen LogP contribution >= 0.6 is 0 Å². The van der Waals surface area contributed by atoms with Gasteiger partial charge in [-0.1, -0.05) is 0 Å². The van der Waals surface area contributed by atoms with Crippen LogP contribution in [0.2, 0.25) is 0 Å². The van der Waals surface area contributed by atoms with Crippen LogP contribution < -0.4 is 5.32 Å². The first-order valence-electron chi connectivity index (χ1n) is 6.97. The van der Waals surface area contributed by atoms with Crippen molar-refractivity contribution in [2.45, 2.75) is 20.1 Å². The fourth-order valence-corrected chi connectivity index (χ4v) is 2.24. The molecule has 8 heteroatoms. The van der Waals surface area contributed by atoms with Crippen LogP contribution in [0.4, 0.5) is 14.6 Å². The topological polar surface area (TPSA) is 75.7 Å². The molecule has 6 nitrogen and oxygen atoms in total. The van der Waals surface area contributed by atoms with Gasteiger partial charge in [-0.2, -0.15) is 0 Å². The second-order valence-corrected chi connectivity index (χ2v) is 5.04. The maximum absolute atomic E-state index is 13.7. The molecule has 0 unspecified atom stereocenters. The van der Waals surface area contributed by atoms with E-state index in [1.54, 1.807) is 13.2 Å². The zero-order valence-electron chi connectivity index (χ0n) is 12.7. The highest BCUT2D eigenvalue weighted by molar-refractivity contribution is 5.75. The molecular weight excluding hydrogens is 304 g/mol. The van der Waals surface area contributed by atoms with Gasteiger partial charge >= 0.3 is 0 Å². The number of H-pyrrole nitrogens is 1. The number of anilines is 1. The predicted molar refractivity (Wildman–Crippen MR) is 80.8 cm³/mol. The van der Waals surface area contributed by atoms with E-state index in [0.29, 0.717) is 36.1 Å². The van der Waals surface area contributed by atoms with E-state index in [9.17, 15) is 8.78 Å². The Bertz CT molecular complexity index is 849. The minimum atomic E-state index is -0.953. The summed E-state index contributed by atoms with van der Waals surface area (Å²) in [6.45, 7) is 2.45. The number of methoxy groups -OCH3 is 1. The molecule has 2 aromatic heterocycles. The van der Waals surface area contributed by atoms with Gasteiger partial charge in [0.25, 0.3) is 0 Å². The third-order valence-corrected chi connectivity index (χ3v) is 3.21. The fraction of sp³-hybridized carbons (Fsp3) is 0.267. The van der Waals surface area contributed by atoms with Gasteiger partial charge in [0, 0.05) is 18.9 Å². The molecule has 2 heterocycles. The van der Waals surface area contributed by atoms with Crippen LogP contribution in [-0.4, -0.2) is 27.0 Å². The maximum Gasteiger partial charge on any atom is 0.186 e. The molecule has 0 saturated carbocycles. The summed E-state index contributed by atoms with van der Waals surface area (Å²) in [5.41, 5.74) is 1.23. The van der Waals surface area contributed by atoms with Crippen LogP contribution in [-0.2, 0) is 17.9 Å². The highest BCUT2D eigenvalue weighted by Crippen LogP contribution is 2.18. The number of halogens is 2. The minimum Gasteiger partial charge on any atom is -0.377 e. The lowest BCUT2D eigenvalue weighted by atomic mass is 10.3. The monoisotopic (exact) mass is 319 g/mol. The van der Waals surface area contributed by atoms with Gasteiger partial charge in [0.05, 0.1) is 12.1 Å². The quantitative estimate of drug-likeness (QED) is 0.756. The molecule has 120 valence electrons. The lowest BCUT2D eigenvalue weighted by molar-refractivity contribution is 0.177. The third-order valence-electron chi connectivity index (χ3n) is 3.21. The molecule has 0 atom stereocenters. The zero-order chi connectivity index (χ0) is 16.4. The summed E-state index contributed by atoms with van der Waals surface area (Å²) in [5, 5.41) is 3.08. The number of aromatic amines is 1. The zero-order valence-corrected chi connectivity index (χ0v) is 12.7. The van der Waals surface area contributed by atoms with E-state index in [2.05, 4.69) is 25.3 Å². The number of nitrogens with one attached hydrogen (secondary N) is 2. The number of hydrogen-bond acceptors (Lipinski definition) is 5. The van der Waals surface area contributed by atoms with Crippen LogP contribution in [0, 0.1) is 18.6 Å².